The zero-order chi connectivity index (χ0) is 14.2. The molecule has 1 aliphatic rings. The van der Waals surface area contributed by atoms with Crippen molar-refractivity contribution >= 4 is 0 Å². The van der Waals surface area contributed by atoms with Gasteiger partial charge < -0.3 is 14.8 Å². The van der Waals surface area contributed by atoms with Gasteiger partial charge >= 0.3 is 0 Å². The Morgan fingerprint density at radius 2 is 2.20 bits per heavy atom. The van der Waals surface area contributed by atoms with E-state index in [1.54, 1.807) is 7.11 Å². The minimum absolute atomic E-state index is 0.304. The van der Waals surface area contributed by atoms with Crippen LogP contribution in [0.15, 0.2) is 12.3 Å². The summed E-state index contributed by atoms with van der Waals surface area (Å²) >= 11 is 0. The largest absolute Gasteiger partial charge is 0.382 e. The lowest BCUT2D eigenvalue weighted by Crippen LogP contribution is -2.33. The number of nitrogens with zero attached hydrogens (tertiary/aromatic N) is 2. The Morgan fingerprint density at radius 3 is 2.90 bits per heavy atom. The molecule has 1 aromatic heterocycles. The lowest BCUT2D eigenvalue weighted by molar-refractivity contribution is 0.0596. The van der Waals surface area contributed by atoms with E-state index in [0.717, 1.165) is 12.1 Å². The number of nitrogens with one attached hydrogen (secondary N) is 1. The molecule has 1 unspecified atom stereocenters. The van der Waals surface area contributed by atoms with Crippen molar-refractivity contribution < 1.29 is 9.47 Å². The Morgan fingerprint density at radius 1 is 1.40 bits per heavy atom. The average Bonchev–Trinajstić information content (AvgIpc) is 3.12. The third-order valence-corrected chi connectivity index (χ3v) is 3.98. The minimum Gasteiger partial charge on any atom is -0.382 e. The molecular formula is C15H27N3O2. The van der Waals surface area contributed by atoms with Gasteiger partial charge in [-0.1, -0.05) is 12.8 Å². The Kier molecular flexibility index (Phi) is 6.50. The van der Waals surface area contributed by atoms with E-state index in [-0.39, 0.29) is 0 Å². The lowest BCUT2D eigenvalue weighted by Gasteiger charge is -2.15. The van der Waals surface area contributed by atoms with Crippen molar-refractivity contribution in [1.82, 2.24) is 15.1 Å². The number of hydrogen-bond acceptors (Lipinski definition) is 4. The van der Waals surface area contributed by atoms with Crippen molar-refractivity contribution in [2.75, 3.05) is 34.0 Å². The first-order valence-electron chi connectivity index (χ1n) is 7.61. The first-order valence-corrected chi connectivity index (χ1v) is 7.61. The van der Waals surface area contributed by atoms with E-state index in [9.17, 15) is 0 Å². The summed E-state index contributed by atoms with van der Waals surface area (Å²) in [6.07, 6.45) is 8.26. The van der Waals surface area contributed by atoms with Gasteiger partial charge in [0.15, 0.2) is 0 Å². The van der Waals surface area contributed by atoms with E-state index in [1.165, 1.54) is 25.7 Å². The molecule has 0 bridgehead atoms. The van der Waals surface area contributed by atoms with Crippen LogP contribution in [0.2, 0.25) is 0 Å². The Balaban J connectivity index is 1.78. The predicted octanol–water partition coefficient (Wildman–Crippen LogP) is 1.79. The second-order valence-corrected chi connectivity index (χ2v) is 5.48. The third-order valence-electron chi connectivity index (χ3n) is 3.98. The summed E-state index contributed by atoms with van der Waals surface area (Å²) in [6, 6.07) is 3.06. The maximum absolute atomic E-state index is 5.58. The van der Waals surface area contributed by atoms with Gasteiger partial charge in [0.1, 0.15) is 0 Å². The molecule has 1 N–H and O–H groups in total. The van der Waals surface area contributed by atoms with Crippen LogP contribution in [0.25, 0.3) is 0 Å². The summed E-state index contributed by atoms with van der Waals surface area (Å²) in [5.41, 5.74) is 1.14. The molecule has 0 spiro atoms. The monoisotopic (exact) mass is 281 g/mol. The molecule has 5 nitrogen and oxygen atoms in total. The van der Waals surface area contributed by atoms with Crippen molar-refractivity contribution in [3.63, 3.8) is 0 Å². The second-order valence-electron chi connectivity index (χ2n) is 5.48. The van der Waals surface area contributed by atoms with Crippen LogP contribution in [0, 0.1) is 0 Å². The highest BCUT2D eigenvalue weighted by atomic mass is 16.5. The summed E-state index contributed by atoms with van der Waals surface area (Å²) < 4.78 is 12.7. The highest BCUT2D eigenvalue weighted by Gasteiger charge is 2.18. The molecule has 0 aromatic carbocycles. The van der Waals surface area contributed by atoms with Gasteiger partial charge in [-0.2, -0.15) is 5.10 Å². The molecule has 0 aliphatic heterocycles. The number of methoxy groups -OCH3 is 1. The highest BCUT2D eigenvalue weighted by Crippen LogP contribution is 2.28. The number of ether oxygens (including phenoxy) is 2. The van der Waals surface area contributed by atoms with E-state index < -0.39 is 0 Å². The SMILES string of the molecule is CNC(COCCOC)Cc1ccn(C2CCCC2)n1. The summed E-state index contributed by atoms with van der Waals surface area (Å²) in [5, 5.41) is 8.01. The Bertz CT molecular complexity index is 375. The molecule has 0 amide bonds. The fraction of sp³-hybridized carbons (Fsp3) is 0.800. The first-order chi connectivity index (χ1) is 9.83. The second kappa shape index (κ2) is 8.39. The molecule has 2 rings (SSSR count). The van der Waals surface area contributed by atoms with E-state index >= 15 is 0 Å². The smallest absolute Gasteiger partial charge is 0.0701 e. The molecular weight excluding hydrogens is 254 g/mol. The van der Waals surface area contributed by atoms with E-state index in [1.807, 2.05) is 7.05 Å². The zero-order valence-corrected chi connectivity index (χ0v) is 12.7. The van der Waals surface area contributed by atoms with Gasteiger partial charge in [-0.05, 0) is 26.0 Å². The number of aromatic nitrogens is 2. The highest BCUT2D eigenvalue weighted by molar-refractivity contribution is 5.02. The van der Waals surface area contributed by atoms with Gasteiger partial charge in [0, 0.05) is 25.8 Å². The maximum Gasteiger partial charge on any atom is 0.0701 e. The van der Waals surface area contributed by atoms with E-state index in [0.29, 0.717) is 31.9 Å². The molecule has 1 atom stereocenters. The van der Waals surface area contributed by atoms with Gasteiger partial charge in [-0.25, -0.2) is 0 Å². The van der Waals surface area contributed by atoms with Gasteiger partial charge in [0.2, 0.25) is 0 Å². The van der Waals surface area contributed by atoms with Crippen LogP contribution >= 0.6 is 0 Å². The van der Waals surface area contributed by atoms with Crippen LogP contribution in [-0.2, 0) is 15.9 Å². The molecule has 1 aliphatic carbocycles. The lowest BCUT2D eigenvalue weighted by atomic mass is 10.2. The van der Waals surface area contributed by atoms with E-state index in [2.05, 4.69) is 22.3 Å². The van der Waals surface area contributed by atoms with Crippen LogP contribution < -0.4 is 5.32 Å². The van der Waals surface area contributed by atoms with Crippen LogP contribution in [0.4, 0.5) is 0 Å². The van der Waals surface area contributed by atoms with Crippen molar-refractivity contribution in [1.29, 1.82) is 0 Å². The van der Waals surface area contributed by atoms with Gasteiger partial charge in [-0.15, -0.1) is 0 Å². The van der Waals surface area contributed by atoms with Crippen LogP contribution in [0.5, 0.6) is 0 Å². The number of hydrogen-bond donors (Lipinski definition) is 1. The van der Waals surface area contributed by atoms with Crippen molar-refractivity contribution in [2.45, 2.75) is 44.2 Å². The molecule has 114 valence electrons. The fourth-order valence-electron chi connectivity index (χ4n) is 2.72. The van der Waals surface area contributed by atoms with Crippen molar-refractivity contribution in [3.8, 4) is 0 Å². The average molecular weight is 281 g/mol. The minimum atomic E-state index is 0.304. The van der Waals surface area contributed by atoms with Crippen molar-refractivity contribution in [3.05, 3.63) is 18.0 Å². The van der Waals surface area contributed by atoms with Gasteiger partial charge in [0.25, 0.3) is 0 Å². The standard InChI is InChI=1S/C15H27N3O2/c1-16-14(12-20-10-9-19-2)11-13-7-8-18(17-13)15-5-3-4-6-15/h7-8,14-16H,3-6,9-12H2,1-2H3. The quantitative estimate of drug-likeness (QED) is 0.701. The Labute approximate surface area is 121 Å². The summed E-state index contributed by atoms with van der Waals surface area (Å²) in [5.74, 6) is 0. The summed E-state index contributed by atoms with van der Waals surface area (Å²) in [6.45, 7) is 1.98. The molecule has 1 heterocycles. The normalized spacial score (nSPS) is 17.7. The van der Waals surface area contributed by atoms with Crippen LogP contribution in [0.1, 0.15) is 37.4 Å². The molecule has 5 heteroatoms. The predicted molar refractivity (Wildman–Crippen MR) is 79.0 cm³/mol. The first kappa shape index (κ1) is 15.5. The van der Waals surface area contributed by atoms with Gasteiger partial charge in [-0.3, -0.25) is 4.68 Å². The number of rotatable bonds is 9. The maximum atomic E-state index is 5.58. The fourth-order valence-corrected chi connectivity index (χ4v) is 2.72. The van der Waals surface area contributed by atoms with Crippen molar-refractivity contribution in [2.24, 2.45) is 0 Å². The summed E-state index contributed by atoms with van der Waals surface area (Å²) in [7, 11) is 3.66. The molecule has 1 aromatic rings. The summed E-state index contributed by atoms with van der Waals surface area (Å²) in [4.78, 5) is 0. The molecule has 0 saturated heterocycles. The van der Waals surface area contributed by atoms with Crippen LogP contribution in [0.3, 0.4) is 0 Å². The Hall–Kier alpha value is -0.910. The number of likely N-dealkylation sites (N-methyl/N-ethyl adjacent to an activating group) is 1. The third kappa shape index (κ3) is 4.58. The van der Waals surface area contributed by atoms with E-state index in [4.69, 9.17) is 14.6 Å². The zero-order valence-electron chi connectivity index (χ0n) is 12.7. The topological polar surface area (TPSA) is 48.3 Å². The van der Waals surface area contributed by atoms with Gasteiger partial charge in [0.05, 0.1) is 31.6 Å². The molecule has 20 heavy (non-hydrogen) atoms. The molecule has 1 saturated carbocycles. The molecule has 0 radical (unpaired) electrons. The van der Waals surface area contributed by atoms with Crippen LogP contribution in [-0.4, -0.2) is 49.8 Å². The molecule has 1 fully saturated rings.